The van der Waals surface area contributed by atoms with Gasteiger partial charge in [0, 0.05) is 18.3 Å². The van der Waals surface area contributed by atoms with Crippen molar-refractivity contribution in [3.8, 4) is 0 Å². The van der Waals surface area contributed by atoms with Crippen molar-refractivity contribution in [2.75, 3.05) is 0 Å². The van der Waals surface area contributed by atoms with Crippen LogP contribution < -0.4 is 0 Å². The molecule has 8 heteroatoms. The van der Waals surface area contributed by atoms with E-state index >= 15 is 0 Å². The van der Waals surface area contributed by atoms with Crippen molar-refractivity contribution >= 4 is 40.7 Å². The zero-order valence-corrected chi connectivity index (χ0v) is 21.6. The minimum absolute atomic E-state index is 0.0544. The molecular weight excluding hydrogens is 479 g/mol. The lowest BCUT2D eigenvalue weighted by Gasteiger charge is -2.55. The van der Waals surface area contributed by atoms with Crippen LogP contribution in [0.25, 0.3) is 0 Å². The monoisotopic (exact) mass is 510 g/mol. The van der Waals surface area contributed by atoms with Gasteiger partial charge in [-0.15, -0.1) is 0 Å². The Morgan fingerprint density at radius 3 is 2.24 bits per heavy atom. The number of carbonyl (C=O) groups excluding carboxylic acids is 3. The number of epoxide rings is 1. The molecule has 4 heterocycles. The molecule has 6 nitrogen and oxygen atoms in total. The van der Waals surface area contributed by atoms with E-state index in [1.807, 2.05) is 13.0 Å². The molecule has 3 fully saturated rings. The SMILES string of the molecule is C[C@@H]1C(=O)O[C@@H](C)/C=C/C2CC(C)(O2)[C@@H]2C=C[C@@H]3C[C@@]4(C)O[C@H]4[C@@H](C)C3C2C(=O)C(Cl)(Cl)C1=O. The largest absolute Gasteiger partial charge is 0.458 e. The number of carbonyl (C=O) groups is 3. The van der Waals surface area contributed by atoms with Gasteiger partial charge in [0.1, 0.15) is 12.0 Å². The highest BCUT2D eigenvalue weighted by atomic mass is 35.5. The third kappa shape index (κ3) is 3.63. The number of ether oxygens (including phenoxy) is 3. The van der Waals surface area contributed by atoms with Crippen LogP contribution in [0.15, 0.2) is 24.3 Å². The molecule has 2 bridgehead atoms. The molecular formula is C26H32Cl2O6. The van der Waals surface area contributed by atoms with Crippen molar-refractivity contribution in [1.29, 1.82) is 0 Å². The Balaban J connectivity index is 1.58. The summed E-state index contributed by atoms with van der Waals surface area (Å²) in [5, 5.41) is 0. The Morgan fingerprint density at radius 2 is 1.56 bits per heavy atom. The third-order valence-corrected chi connectivity index (χ3v) is 9.57. The summed E-state index contributed by atoms with van der Waals surface area (Å²) in [5.74, 6) is -4.31. The van der Waals surface area contributed by atoms with Crippen LogP contribution in [0.5, 0.6) is 0 Å². The quantitative estimate of drug-likeness (QED) is 0.159. The first-order valence-electron chi connectivity index (χ1n) is 12.2. The van der Waals surface area contributed by atoms with E-state index < -0.39 is 45.4 Å². The van der Waals surface area contributed by atoms with Crippen LogP contribution in [0.4, 0.5) is 0 Å². The van der Waals surface area contributed by atoms with Crippen molar-refractivity contribution in [2.45, 2.75) is 81.3 Å². The van der Waals surface area contributed by atoms with Crippen LogP contribution in [0.1, 0.15) is 47.5 Å². The van der Waals surface area contributed by atoms with Crippen molar-refractivity contribution in [1.82, 2.24) is 0 Å². The second-order valence-corrected chi connectivity index (χ2v) is 12.6. The molecule has 11 atom stereocenters. The molecule has 6 aliphatic rings. The van der Waals surface area contributed by atoms with Gasteiger partial charge in [0.05, 0.1) is 23.4 Å². The molecule has 0 spiro atoms. The molecule has 0 aromatic rings. The lowest BCUT2D eigenvalue weighted by molar-refractivity contribution is -0.211. The molecule has 186 valence electrons. The van der Waals surface area contributed by atoms with Crippen LogP contribution in [-0.2, 0) is 28.6 Å². The summed E-state index contributed by atoms with van der Waals surface area (Å²) in [4.78, 5) is 40.0. The fourth-order valence-corrected chi connectivity index (χ4v) is 7.56. The maximum atomic E-state index is 14.1. The minimum Gasteiger partial charge on any atom is -0.458 e. The summed E-state index contributed by atoms with van der Waals surface area (Å²) in [6.45, 7) is 9.30. The number of rotatable bonds is 0. The minimum atomic E-state index is -2.37. The highest BCUT2D eigenvalue weighted by Gasteiger charge is 2.67. The highest BCUT2D eigenvalue weighted by molar-refractivity contribution is 6.68. The number of Topliss-reactive ketones (excluding diaryl/α,β-unsaturated/α-hetero) is 2. The van der Waals surface area contributed by atoms with Gasteiger partial charge in [0.15, 0.2) is 11.6 Å². The van der Waals surface area contributed by atoms with Crippen molar-refractivity contribution in [2.24, 2.45) is 35.5 Å². The van der Waals surface area contributed by atoms with E-state index in [4.69, 9.17) is 37.4 Å². The van der Waals surface area contributed by atoms with Crippen LogP contribution in [0.2, 0.25) is 0 Å². The summed E-state index contributed by atoms with van der Waals surface area (Å²) in [6, 6.07) is 0. The summed E-state index contributed by atoms with van der Waals surface area (Å²) in [6.07, 6.45) is 8.72. The molecule has 2 saturated heterocycles. The van der Waals surface area contributed by atoms with E-state index in [1.165, 1.54) is 6.92 Å². The summed E-state index contributed by atoms with van der Waals surface area (Å²) < 4.78 is 15.4. The Kier molecular flexibility index (Phi) is 5.68. The third-order valence-electron chi connectivity index (χ3n) is 8.83. The number of ketones is 2. The summed E-state index contributed by atoms with van der Waals surface area (Å²) in [7, 11) is 0. The molecule has 2 aliphatic carbocycles. The topological polar surface area (TPSA) is 82.2 Å². The van der Waals surface area contributed by atoms with E-state index in [9.17, 15) is 14.4 Å². The standard InChI is InChI=1S/C26H32Cl2O6/c1-12-6-8-16-11-24(4,33-16)17-9-7-15-10-25(5)22(34-25)13(2)18(15)19(17)21(30)26(27,28)20(29)14(3)23(31)32-12/h6-9,12-19,22H,10-11H2,1-5H3/b8-6+/t12-,13-,14-,15+,16?,17+,18?,19?,22-,24?,25+/m0/s1. The van der Waals surface area contributed by atoms with Gasteiger partial charge in [-0.05, 0) is 57.9 Å². The Labute approximate surface area is 210 Å². The molecule has 4 aliphatic heterocycles. The number of hydrogen-bond acceptors (Lipinski definition) is 6. The van der Waals surface area contributed by atoms with Crippen LogP contribution >= 0.6 is 23.2 Å². The van der Waals surface area contributed by atoms with E-state index in [-0.39, 0.29) is 41.5 Å². The number of fused-ring (bicyclic) bond motifs is 9. The average Bonchev–Trinajstić information content (AvgIpc) is 3.44. The number of halogens is 2. The second-order valence-electron chi connectivity index (χ2n) is 11.3. The molecule has 0 amide bonds. The predicted molar refractivity (Wildman–Crippen MR) is 126 cm³/mol. The number of esters is 1. The highest BCUT2D eigenvalue weighted by Crippen LogP contribution is 2.61. The maximum absolute atomic E-state index is 14.1. The normalized spacial score (nSPS) is 52.8. The maximum Gasteiger partial charge on any atom is 0.316 e. The Morgan fingerprint density at radius 1 is 0.882 bits per heavy atom. The first-order chi connectivity index (χ1) is 15.8. The van der Waals surface area contributed by atoms with E-state index in [0.717, 1.165) is 6.42 Å². The smallest absolute Gasteiger partial charge is 0.316 e. The van der Waals surface area contributed by atoms with Gasteiger partial charge in [-0.1, -0.05) is 48.4 Å². The molecule has 4 unspecified atom stereocenters. The van der Waals surface area contributed by atoms with Gasteiger partial charge in [0.25, 0.3) is 0 Å². The van der Waals surface area contributed by atoms with E-state index in [2.05, 4.69) is 26.0 Å². The zero-order chi connectivity index (χ0) is 24.8. The van der Waals surface area contributed by atoms with Crippen LogP contribution in [0.3, 0.4) is 0 Å². The fraction of sp³-hybridized carbons (Fsp3) is 0.731. The van der Waals surface area contributed by atoms with Gasteiger partial charge >= 0.3 is 5.97 Å². The van der Waals surface area contributed by atoms with Gasteiger partial charge in [-0.2, -0.15) is 0 Å². The first-order valence-corrected chi connectivity index (χ1v) is 12.9. The molecule has 0 aromatic heterocycles. The lowest BCUT2D eigenvalue weighted by Crippen LogP contribution is -2.61. The van der Waals surface area contributed by atoms with Gasteiger partial charge in [0.2, 0.25) is 4.33 Å². The van der Waals surface area contributed by atoms with Gasteiger partial charge < -0.3 is 14.2 Å². The summed E-state index contributed by atoms with van der Waals surface area (Å²) in [5.41, 5.74) is -0.789. The van der Waals surface area contributed by atoms with E-state index in [1.54, 1.807) is 13.0 Å². The van der Waals surface area contributed by atoms with Gasteiger partial charge in [-0.3, -0.25) is 14.4 Å². The molecule has 6 rings (SSSR count). The molecule has 0 radical (unpaired) electrons. The number of alkyl halides is 2. The Bertz CT molecular complexity index is 982. The predicted octanol–water partition coefficient (Wildman–Crippen LogP) is 4.22. The summed E-state index contributed by atoms with van der Waals surface area (Å²) >= 11 is 13.1. The first kappa shape index (κ1) is 24.5. The van der Waals surface area contributed by atoms with Gasteiger partial charge in [-0.25, -0.2) is 0 Å². The van der Waals surface area contributed by atoms with Crippen molar-refractivity contribution in [3.63, 3.8) is 0 Å². The average molecular weight is 511 g/mol. The van der Waals surface area contributed by atoms with Crippen molar-refractivity contribution in [3.05, 3.63) is 24.3 Å². The molecule has 1 saturated carbocycles. The zero-order valence-electron chi connectivity index (χ0n) is 20.1. The number of allylic oxidation sites excluding steroid dienone is 1. The fourth-order valence-electron chi connectivity index (χ4n) is 6.98. The molecule has 34 heavy (non-hydrogen) atoms. The van der Waals surface area contributed by atoms with E-state index in [0.29, 0.717) is 6.42 Å². The molecule has 0 aromatic carbocycles. The number of hydrogen-bond donors (Lipinski definition) is 0. The van der Waals surface area contributed by atoms with Crippen LogP contribution in [0, 0.1) is 35.5 Å². The van der Waals surface area contributed by atoms with Crippen molar-refractivity contribution < 1.29 is 28.6 Å². The molecule has 0 N–H and O–H groups in total. The Hall–Kier alpha value is -1.21. The lowest BCUT2D eigenvalue weighted by atomic mass is 9.54. The second kappa shape index (κ2) is 7.89. The van der Waals surface area contributed by atoms with Crippen LogP contribution in [-0.4, -0.2) is 51.4 Å².